The molecule has 1 aliphatic rings. The summed E-state index contributed by atoms with van der Waals surface area (Å²) in [6.45, 7) is 5.96. The number of methoxy groups -OCH3 is 1. The summed E-state index contributed by atoms with van der Waals surface area (Å²) in [5.41, 5.74) is 2.53. The Hall–Kier alpha value is -2.30. The van der Waals surface area contributed by atoms with E-state index >= 15 is 0 Å². The zero-order valence-corrected chi connectivity index (χ0v) is 19.5. The molecule has 1 saturated heterocycles. The number of sulfonamides is 1. The summed E-state index contributed by atoms with van der Waals surface area (Å²) in [4.78, 5) is 17.4. The van der Waals surface area contributed by atoms with Gasteiger partial charge in [0.25, 0.3) is 5.91 Å². The Kier molecular flexibility index (Phi) is 8.77. The quantitative estimate of drug-likeness (QED) is 0.520. The molecule has 0 unspecified atom stereocenters. The Balaban J connectivity index is 1.58. The third-order valence-corrected chi connectivity index (χ3v) is 6.91. The summed E-state index contributed by atoms with van der Waals surface area (Å²) in [6, 6.07) is 14.2. The van der Waals surface area contributed by atoms with Crippen molar-refractivity contribution in [3.8, 4) is 0 Å². The van der Waals surface area contributed by atoms with Crippen LogP contribution in [0.1, 0.15) is 21.5 Å². The molecular weight excluding hydrogens is 428 g/mol. The number of benzene rings is 2. The first-order chi connectivity index (χ1) is 15.4. The number of likely N-dealkylation sites (N-methyl/N-ethyl adjacent to an activating group) is 1. The van der Waals surface area contributed by atoms with Gasteiger partial charge in [-0.2, -0.15) is 0 Å². The maximum atomic E-state index is 12.6. The standard InChI is InChI=1S/C23H32N4O4S/c1-26-10-12-27(13-11-26)18-20-6-3-5-19(15-20)17-24-23(28)21-7-4-8-22(16-21)32(29,30)25-9-14-31-2/h3-8,15-16,25H,9-14,17-18H2,1-2H3,(H,24,28). The molecule has 0 radical (unpaired) electrons. The lowest BCUT2D eigenvalue weighted by molar-refractivity contribution is 0.0950. The van der Waals surface area contributed by atoms with Gasteiger partial charge in [0.2, 0.25) is 10.0 Å². The summed E-state index contributed by atoms with van der Waals surface area (Å²) in [5.74, 6) is -0.316. The van der Waals surface area contributed by atoms with Gasteiger partial charge < -0.3 is 15.0 Å². The van der Waals surface area contributed by atoms with Crippen LogP contribution in [0.15, 0.2) is 53.4 Å². The fourth-order valence-corrected chi connectivity index (χ4v) is 4.61. The summed E-state index contributed by atoms with van der Waals surface area (Å²) in [5, 5.41) is 2.89. The van der Waals surface area contributed by atoms with Crippen LogP contribution < -0.4 is 10.0 Å². The molecule has 2 aromatic rings. The van der Waals surface area contributed by atoms with Crippen molar-refractivity contribution in [3.05, 3.63) is 65.2 Å². The maximum absolute atomic E-state index is 12.6. The number of nitrogens with one attached hydrogen (secondary N) is 2. The zero-order chi connectivity index (χ0) is 23.0. The van der Waals surface area contributed by atoms with Crippen molar-refractivity contribution in [1.82, 2.24) is 19.8 Å². The number of carbonyl (C=O) groups is 1. The highest BCUT2D eigenvalue weighted by Gasteiger charge is 2.16. The number of rotatable bonds is 10. The molecule has 1 aliphatic heterocycles. The molecule has 3 rings (SSSR count). The Labute approximate surface area is 190 Å². The second-order valence-electron chi connectivity index (χ2n) is 8.00. The third-order valence-electron chi connectivity index (χ3n) is 5.45. The molecule has 2 N–H and O–H groups in total. The largest absolute Gasteiger partial charge is 0.383 e. The van der Waals surface area contributed by atoms with Gasteiger partial charge in [-0.25, -0.2) is 13.1 Å². The third kappa shape index (κ3) is 7.11. The highest BCUT2D eigenvalue weighted by Crippen LogP contribution is 2.13. The number of carbonyl (C=O) groups excluding carboxylic acids is 1. The van der Waals surface area contributed by atoms with Crippen LogP contribution in [0.2, 0.25) is 0 Å². The van der Waals surface area contributed by atoms with Gasteiger partial charge in [0.1, 0.15) is 0 Å². The molecular formula is C23H32N4O4S. The summed E-state index contributed by atoms with van der Waals surface area (Å²) in [6.07, 6.45) is 0. The van der Waals surface area contributed by atoms with E-state index in [0.717, 1.165) is 38.3 Å². The van der Waals surface area contributed by atoms with E-state index in [1.807, 2.05) is 12.1 Å². The van der Waals surface area contributed by atoms with Crippen molar-refractivity contribution in [1.29, 1.82) is 0 Å². The van der Waals surface area contributed by atoms with Crippen molar-refractivity contribution < 1.29 is 17.9 Å². The monoisotopic (exact) mass is 460 g/mol. The van der Waals surface area contributed by atoms with Gasteiger partial charge in [-0.05, 0) is 36.4 Å². The molecule has 0 atom stereocenters. The van der Waals surface area contributed by atoms with Crippen LogP contribution in [0.25, 0.3) is 0 Å². The Morgan fingerprint density at radius 3 is 2.50 bits per heavy atom. The molecule has 32 heavy (non-hydrogen) atoms. The SMILES string of the molecule is COCCNS(=O)(=O)c1cccc(C(=O)NCc2cccc(CN3CCN(C)CC3)c2)c1. The van der Waals surface area contributed by atoms with Gasteiger partial charge >= 0.3 is 0 Å². The van der Waals surface area contributed by atoms with Gasteiger partial charge in [-0.1, -0.05) is 30.3 Å². The Morgan fingerprint density at radius 1 is 1.03 bits per heavy atom. The molecule has 1 amide bonds. The van der Waals surface area contributed by atoms with Crippen molar-refractivity contribution >= 4 is 15.9 Å². The lowest BCUT2D eigenvalue weighted by atomic mass is 10.1. The maximum Gasteiger partial charge on any atom is 0.251 e. The van der Waals surface area contributed by atoms with Gasteiger partial charge in [-0.3, -0.25) is 9.69 Å². The predicted molar refractivity (Wildman–Crippen MR) is 124 cm³/mol. The summed E-state index contributed by atoms with van der Waals surface area (Å²) in [7, 11) is -0.0527. The van der Waals surface area contributed by atoms with Crippen LogP contribution in [0.4, 0.5) is 0 Å². The first-order valence-electron chi connectivity index (χ1n) is 10.7. The van der Waals surface area contributed by atoms with Gasteiger partial charge in [0.05, 0.1) is 11.5 Å². The van der Waals surface area contributed by atoms with Crippen molar-refractivity contribution in [2.24, 2.45) is 0 Å². The molecule has 174 valence electrons. The van der Waals surface area contributed by atoms with E-state index in [1.165, 1.54) is 24.8 Å². The van der Waals surface area contributed by atoms with Crippen LogP contribution in [0.3, 0.4) is 0 Å². The van der Waals surface area contributed by atoms with E-state index in [2.05, 4.69) is 39.0 Å². The smallest absolute Gasteiger partial charge is 0.251 e. The molecule has 0 bridgehead atoms. The molecule has 2 aromatic carbocycles. The van der Waals surface area contributed by atoms with Crippen LogP contribution in [0, 0.1) is 0 Å². The van der Waals surface area contributed by atoms with E-state index in [-0.39, 0.29) is 24.0 Å². The Bertz CT molecular complexity index is 1000. The molecule has 9 heteroatoms. The second-order valence-corrected chi connectivity index (χ2v) is 9.77. The average molecular weight is 461 g/mol. The molecule has 0 aliphatic carbocycles. The topological polar surface area (TPSA) is 91.0 Å². The minimum atomic E-state index is -3.70. The number of hydrogen-bond donors (Lipinski definition) is 2. The second kappa shape index (κ2) is 11.5. The molecule has 1 fully saturated rings. The van der Waals surface area contributed by atoms with Crippen molar-refractivity contribution in [2.45, 2.75) is 18.0 Å². The molecule has 8 nitrogen and oxygen atoms in total. The van der Waals surface area contributed by atoms with E-state index in [4.69, 9.17) is 4.74 Å². The van der Waals surface area contributed by atoms with Gasteiger partial charge in [-0.15, -0.1) is 0 Å². The molecule has 1 heterocycles. The predicted octanol–water partition coefficient (Wildman–Crippen LogP) is 1.29. The van der Waals surface area contributed by atoms with Crippen molar-refractivity contribution in [3.63, 3.8) is 0 Å². The van der Waals surface area contributed by atoms with Crippen molar-refractivity contribution in [2.75, 3.05) is 53.5 Å². The molecule has 0 saturated carbocycles. The lowest BCUT2D eigenvalue weighted by Gasteiger charge is -2.32. The highest BCUT2D eigenvalue weighted by atomic mass is 32.2. The Morgan fingerprint density at radius 2 is 1.75 bits per heavy atom. The first-order valence-corrected chi connectivity index (χ1v) is 12.2. The minimum Gasteiger partial charge on any atom is -0.383 e. The van der Waals surface area contributed by atoms with Gasteiger partial charge in [0.15, 0.2) is 0 Å². The first kappa shape index (κ1) is 24.3. The number of hydrogen-bond acceptors (Lipinski definition) is 6. The van der Waals surface area contributed by atoms with Crippen LogP contribution in [0.5, 0.6) is 0 Å². The normalized spacial score (nSPS) is 15.6. The summed E-state index contributed by atoms with van der Waals surface area (Å²) >= 11 is 0. The number of piperazine rings is 1. The van der Waals surface area contributed by atoms with Crippen LogP contribution in [-0.4, -0.2) is 77.6 Å². The average Bonchev–Trinajstić information content (AvgIpc) is 2.79. The fourth-order valence-electron chi connectivity index (χ4n) is 3.55. The van der Waals surface area contributed by atoms with E-state index in [9.17, 15) is 13.2 Å². The van der Waals surface area contributed by atoms with Crippen LogP contribution in [-0.2, 0) is 27.8 Å². The summed E-state index contributed by atoms with van der Waals surface area (Å²) < 4.78 is 32.1. The van der Waals surface area contributed by atoms with E-state index in [1.54, 1.807) is 12.1 Å². The van der Waals surface area contributed by atoms with E-state index < -0.39 is 10.0 Å². The highest BCUT2D eigenvalue weighted by molar-refractivity contribution is 7.89. The number of amides is 1. The van der Waals surface area contributed by atoms with Crippen LogP contribution >= 0.6 is 0 Å². The lowest BCUT2D eigenvalue weighted by Crippen LogP contribution is -2.43. The number of nitrogens with zero attached hydrogens (tertiary/aromatic N) is 2. The molecule has 0 aromatic heterocycles. The number of ether oxygens (including phenoxy) is 1. The van der Waals surface area contributed by atoms with E-state index in [0.29, 0.717) is 12.1 Å². The molecule has 0 spiro atoms. The zero-order valence-electron chi connectivity index (χ0n) is 18.7. The minimum absolute atomic E-state index is 0.0513. The fraction of sp³-hybridized carbons (Fsp3) is 0.435. The van der Waals surface area contributed by atoms with Gasteiger partial charge in [0, 0.05) is 58.5 Å².